The van der Waals surface area contributed by atoms with Crippen LogP contribution in [-0.2, 0) is 16.3 Å². The molecule has 9 nitrogen and oxygen atoms in total. The molecule has 0 radical (unpaired) electrons. The molecular weight excluding hydrogens is 478 g/mol. The highest BCUT2D eigenvalue weighted by Gasteiger charge is 2.32. The van der Waals surface area contributed by atoms with E-state index in [9.17, 15) is 18.5 Å². The van der Waals surface area contributed by atoms with Crippen LogP contribution >= 0.6 is 11.3 Å². The lowest BCUT2D eigenvalue weighted by atomic mass is 10.1. The first kappa shape index (κ1) is 24.0. The first-order valence-electron chi connectivity index (χ1n) is 10.7. The van der Waals surface area contributed by atoms with E-state index in [0.29, 0.717) is 32.4 Å². The van der Waals surface area contributed by atoms with Crippen molar-refractivity contribution in [3.05, 3.63) is 69.2 Å². The van der Waals surface area contributed by atoms with Crippen LogP contribution in [-0.4, -0.2) is 50.9 Å². The summed E-state index contributed by atoms with van der Waals surface area (Å²) in [5.74, 6) is 1.52. The van der Waals surface area contributed by atoms with E-state index in [1.54, 1.807) is 14.2 Å². The smallest absolute Gasteiger partial charge is 0.269 e. The van der Waals surface area contributed by atoms with E-state index in [2.05, 4.69) is 4.90 Å². The number of hydrogen-bond donors (Lipinski definition) is 0. The minimum Gasteiger partial charge on any atom is -0.497 e. The van der Waals surface area contributed by atoms with Gasteiger partial charge in [-0.05, 0) is 43.2 Å². The Morgan fingerprint density at radius 3 is 2.44 bits per heavy atom. The third kappa shape index (κ3) is 5.00. The number of non-ortho nitro benzene ring substituents is 1. The summed E-state index contributed by atoms with van der Waals surface area (Å²) in [6.45, 7) is 1.15. The van der Waals surface area contributed by atoms with Crippen molar-refractivity contribution >= 4 is 32.0 Å². The molecular formula is C23H25N3O6S2. The molecule has 34 heavy (non-hydrogen) atoms. The minimum atomic E-state index is -3.55. The van der Waals surface area contributed by atoms with Gasteiger partial charge in [-0.2, -0.15) is 0 Å². The summed E-state index contributed by atoms with van der Waals surface area (Å²) in [5.41, 5.74) is 1.76. The normalized spacial score (nSPS) is 14.7. The van der Waals surface area contributed by atoms with Gasteiger partial charge < -0.3 is 14.4 Å². The van der Waals surface area contributed by atoms with Crippen LogP contribution in [0.3, 0.4) is 0 Å². The molecule has 2 heterocycles. The molecule has 1 aliphatic rings. The molecule has 0 amide bonds. The minimum absolute atomic E-state index is 0.125. The highest BCUT2D eigenvalue weighted by atomic mass is 32.2. The molecule has 4 rings (SSSR count). The Labute approximate surface area is 202 Å². The number of aromatic nitrogens is 1. The van der Waals surface area contributed by atoms with E-state index in [0.717, 1.165) is 27.9 Å². The number of benzene rings is 2. The fourth-order valence-electron chi connectivity index (χ4n) is 4.05. The predicted octanol–water partition coefficient (Wildman–Crippen LogP) is 4.10. The fraction of sp³-hybridized carbons (Fsp3) is 0.348. The van der Waals surface area contributed by atoms with Crippen LogP contribution in [0.2, 0.25) is 0 Å². The Kier molecular flexibility index (Phi) is 7.03. The number of nitrogens with zero attached hydrogens (tertiary/aromatic N) is 3. The van der Waals surface area contributed by atoms with Crippen molar-refractivity contribution in [2.24, 2.45) is 0 Å². The molecule has 0 spiro atoms. The van der Waals surface area contributed by atoms with Gasteiger partial charge in [0.05, 0.1) is 35.0 Å². The third-order valence-corrected chi connectivity index (χ3v) is 9.15. The number of piperidine rings is 1. The Hall–Kier alpha value is -3.18. The summed E-state index contributed by atoms with van der Waals surface area (Å²) < 4.78 is 36.8. The molecule has 0 N–H and O–H groups in total. The topological polar surface area (TPSA) is 112 Å². The SMILES string of the molecule is COc1ccc(OC)c(Cc2csc(N3CCC(S(=O)(=O)c4ccc([N+](=O)[O-])cc4)CC3)n2)c1. The summed E-state index contributed by atoms with van der Waals surface area (Å²) >= 11 is 1.54. The largest absolute Gasteiger partial charge is 0.497 e. The number of nitro groups is 1. The maximum atomic E-state index is 13.0. The lowest BCUT2D eigenvalue weighted by molar-refractivity contribution is -0.384. The Balaban J connectivity index is 1.41. The molecule has 1 saturated heterocycles. The Bertz CT molecular complexity index is 1270. The number of rotatable bonds is 8. The lowest BCUT2D eigenvalue weighted by Gasteiger charge is -2.31. The van der Waals surface area contributed by atoms with Gasteiger partial charge in [-0.3, -0.25) is 10.1 Å². The van der Waals surface area contributed by atoms with E-state index < -0.39 is 20.0 Å². The van der Waals surface area contributed by atoms with E-state index >= 15 is 0 Å². The van der Waals surface area contributed by atoms with Crippen LogP contribution in [0.4, 0.5) is 10.8 Å². The fourth-order valence-corrected chi connectivity index (χ4v) is 6.66. The van der Waals surface area contributed by atoms with E-state index in [4.69, 9.17) is 14.5 Å². The van der Waals surface area contributed by atoms with E-state index in [1.165, 1.54) is 35.6 Å². The zero-order chi connectivity index (χ0) is 24.3. The van der Waals surface area contributed by atoms with Gasteiger partial charge in [0.1, 0.15) is 11.5 Å². The van der Waals surface area contributed by atoms with Crippen LogP contribution in [0.15, 0.2) is 52.7 Å². The number of ether oxygens (including phenoxy) is 2. The van der Waals surface area contributed by atoms with Crippen molar-refractivity contribution < 1.29 is 22.8 Å². The molecule has 0 atom stereocenters. The van der Waals surface area contributed by atoms with Crippen molar-refractivity contribution in [2.45, 2.75) is 29.4 Å². The first-order chi connectivity index (χ1) is 16.3. The number of sulfone groups is 1. The average Bonchev–Trinajstić information content (AvgIpc) is 3.32. The average molecular weight is 504 g/mol. The van der Waals surface area contributed by atoms with Gasteiger partial charge in [-0.15, -0.1) is 11.3 Å². The van der Waals surface area contributed by atoms with Gasteiger partial charge in [0.25, 0.3) is 5.69 Å². The van der Waals surface area contributed by atoms with Crippen LogP contribution in [0.1, 0.15) is 24.1 Å². The molecule has 0 bridgehead atoms. The molecule has 2 aromatic carbocycles. The summed E-state index contributed by atoms with van der Waals surface area (Å²) in [5, 5.41) is 13.2. The molecule has 11 heteroatoms. The Morgan fingerprint density at radius 1 is 1.12 bits per heavy atom. The highest BCUT2D eigenvalue weighted by Crippen LogP contribution is 2.32. The van der Waals surface area contributed by atoms with E-state index in [1.807, 2.05) is 23.6 Å². The van der Waals surface area contributed by atoms with Crippen molar-refractivity contribution in [1.82, 2.24) is 4.98 Å². The van der Waals surface area contributed by atoms with Crippen molar-refractivity contribution in [1.29, 1.82) is 0 Å². The van der Waals surface area contributed by atoms with Gasteiger partial charge in [0.2, 0.25) is 0 Å². The lowest BCUT2D eigenvalue weighted by Crippen LogP contribution is -2.39. The molecule has 0 saturated carbocycles. The maximum Gasteiger partial charge on any atom is 0.269 e. The van der Waals surface area contributed by atoms with Gasteiger partial charge in [0, 0.05) is 42.6 Å². The van der Waals surface area contributed by atoms with Gasteiger partial charge in [0.15, 0.2) is 15.0 Å². The van der Waals surface area contributed by atoms with Gasteiger partial charge in [-0.25, -0.2) is 13.4 Å². The first-order valence-corrected chi connectivity index (χ1v) is 13.1. The molecule has 1 fully saturated rings. The standard InChI is InChI=1S/C23H25N3O6S2/c1-31-19-5-8-22(32-2)16(14-19)13-17-15-33-23(24-17)25-11-9-21(10-12-25)34(29,30)20-6-3-18(4-7-20)26(27)28/h3-8,14-15,21H,9-13H2,1-2H3. The summed E-state index contributed by atoms with van der Waals surface area (Å²) in [4.78, 5) is 17.3. The summed E-state index contributed by atoms with van der Waals surface area (Å²) in [6, 6.07) is 10.8. The van der Waals surface area contributed by atoms with E-state index in [-0.39, 0.29) is 10.6 Å². The summed E-state index contributed by atoms with van der Waals surface area (Å²) in [7, 11) is -0.297. The Morgan fingerprint density at radius 2 is 1.82 bits per heavy atom. The molecule has 1 aromatic heterocycles. The molecule has 3 aromatic rings. The van der Waals surface area contributed by atoms with Crippen LogP contribution < -0.4 is 14.4 Å². The predicted molar refractivity (Wildman–Crippen MR) is 130 cm³/mol. The second kappa shape index (κ2) is 9.98. The quantitative estimate of drug-likeness (QED) is 0.334. The van der Waals surface area contributed by atoms with Crippen LogP contribution in [0.25, 0.3) is 0 Å². The highest BCUT2D eigenvalue weighted by molar-refractivity contribution is 7.92. The zero-order valence-electron chi connectivity index (χ0n) is 18.8. The number of anilines is 1. The summed E-state index contributed by atoms with van der Waals surface area (Å²) in [6.07, 6.45) is 1.54. The van der Waals surface area contributed by atoms with Crippen molar-refractivity contribution in [3.8, 4) is 11.5 Å². The number of methoxy groups -OCH3 is 2. The van der Waals surface area contributed by atoms with Crippen LogP contribution in [0, 0.1) is 10.1 Å². The molecule has 180 valence electrons. The van der Waals surface area contributed by atoms with Gasteiger partial charge >= 0.3 is 0 Å². The maximum absolute atomic E-state index is 13.0. The van der Waals surface area contributed by atoms with Gasteiger partial charge in [-0.1, -0.05) is 0 Å². The third-order valence-electron chi connectivity index (χ3n) is 5.93. The molecule has 0 aliphatic carbocycles. The second-order valence-electron chi connectivity index (χ2n) is 7.96. The van der Waals surface area contributed by atoms with Crippen molar-refractivity contribution in [3.63, 3.8) is 0 Å². The molecule has 0 unspecified atom stereocenters. The zero-order valence-corrected chi connectivity index (χ0v) is 20.5. The monoisotopic (exact) mass is 503 g/mol. The van der Waals surface area contributed by atoms with Crippen molar-refractivity contribution in [2.75, 3.05) is 32.2 Å². The second-order valence-corrected chi connectivity index (χ2v) is 11.0. The molecule has 1 aliphatic heterocycles. The number of hydrogen-bond acceptors (Lipinski definition) is 9. The number of nitro benzene ring substituents is 1. The van der Waals surface area contributed by atoms with Crippen LogP contribution in [0.5, 0.6) is 11.5 Å². The number of thiazole rings is 1.